The van der Waals surface area contributed by atoms with Crippen molar-refractivity contribution in [3.8, 4) is 6.07 Å². The van der Waals surface area contributed by atoms with Gasteiger partial charge < -0.3 is 10.0 Å². The van der Waals surface area contributed by atoms with Crippen LogP contribution in [-0.2, 0) is 0 Å². The van der Waals surface area contributed by atoms with E-state index in [0.717, 1.165) is 18.6 Å². The summed E-state index contributed by atoms with van der Waals surface area (Å²) in [6.07, 6.45) is 0.886. The Labute approximate surface area is 121 Å². The van der Waals surface area contributed by atoms with Gasteiger partial charge in [0.25, 0.3) is 5.91 Å². The second-order valence-corrected chi connectivity index (χ2v) is 5.32. The van der Waals surface area contributed by atoms with Gasteiger partial charge in [0.05, 0.1) is 17.7 Å². The second kappa shape index (κ2) is 6.19. The maximum Gasteiger partial charge on any atom is 0.259 e. The molecule has 0 spiro atoms. The Morgan fingerprint density at radius 1 is 1.48 bits per heavy atom. The molecule has 21 heavy (non-hydrogen) atoms. The number of halogens is 2. The van der Waals surface area contributed by atoms with Gasteiger partial charge in [-0.1, -0.05) is 0 Å². The minimum atomic E-state index is -1.03. The average Bonchev–Trinajstić information content (AvgIpc) is 2.46. The van der Waals surface area contributed by atoms with Crippen molar-refractivity contribution in [3.05, 3.63) is 34.9 Å². The highest BCUT2D eigenvalue weighted by atomic mass is 19.1. The summed E-state index contributed by atoms with van der Waals surface area (Å²) in [4.78, 5) is 13.6. The standard InChI is InChI=1S/C15H16F2N2O2/c1-9(20)11-3-2-4-19(8-11)15(21)14-12(16)5-10(7-18)6-13(14)17/h5-6,9,11,20H,2-4,8H2,1H3. The third-order valence-electron chi connectivity index (χ3n) is 3.81. The molecule has 2 atom stereocenters. The first kappa shape index (κ1) is 15.4. The fourth-order valence-corrected chi connectivity index (χ4v) is 2.59. The number of nitrogens with zero attached hydrogens (tertiary/aromatic N) is 2. The Morgan fingerprint density at radius 2 is 2.10 bits per heavy atom. The molecule has 1 heterocycles. The van der Waals surface area contributed by atoms with Gasteiger partial charge in [0.2, 0.25) is 0 Å². The number of benzene rings is 1. The molecular weight excluding hydrogens is 278 g/mol. The largest absolute Gasteiger partial charge is 0.393 e. The lowest BCUT2D eigenvalue weighted by Gasteiger charge is -2.34. The summed E-state index contributed by atoms with van der Waals surface area (Å²) < 4.78 is 27.7. The van der Waals surface area contributed by atoms with E-state index in [1.54, 1.807) is 13.0 Å². The molecule has 1 aliphatic rings. The van der Waals surface area contributed by atoms with E-state index in [2.05, 4.69) is 0 Å². The van der Waals surface area contributed by atoms with Gasteiger partial charge in [0.1, 0.15) is 17.2 Å². The van der Waals surface area contributed by atoms with E-state index >= 15 is 0 Å². The second-order valence-electron chi connectivity index (χ2n) is 5.32. The van der Waals surface area contributed by atoms with E-state index < -0.39 is 29.2 Å². The first-order valence-corrected chi connectivity index (χ1v) is 6.80. The lowest BCUT2D eigenvalue weighted by Crippen LogP contribution is -2.43. The highest BCUT2D eigenvalue weighted by molar-refractivity contribution is 5.95. The number of likely N-dealkylation sites (tertiary alicyclic amines) is 1. The average molecular weight is 294 g/mol. The number of piperidine rings is 1. The molecule has 0 aliphatic carbocycles. The molecule has 1 fully saturated rings. The Bertz CT molecular complexity index is 573. The SMILES string of the molecule is CC(O)C1CCCN(C(=O)c2c(F)cc(C#N)cc2F)C1. The molecular formula is C15H16F2N2O2. The van der Waals surface area contributed by atoms with Gasteiger partial charge in [-0.15, -0.1) is 0 Å². The molecule has 2 unspecified atom stereocenters. The summed E-state index contributed by atoms with van der Waals surface area (Å²) >= 11 is 0. The first-order valence-electron chi connectivity index (χ1n) is 6.80. The van der Waals surface area contributed by atoms with Crippen LogP contribution in [0.5, 0.6) is 0 Å². The molecule has 0 bridgehead atoms. The van der Waals surface area contributed by atoms with Crippen LogP contribution in [0, 0.1) is 28.9 Å². The van der Waals surface area contributed by atoms with E-state index in [-0.39, 0.29) is 18.0 Å². The van der Waals surface area contributed by atoms with Crippen molar-refractivity contribution in [2.45, 2.75) is 25.9 Å². The summed E-state index contributed by atoms with van der Waals surface area (Å²) in [5.74, 6) is -2.89. The lowest BCUT2D eigenvalue weighted by atomic mass is 9.93. The number of nitriles is 1. The van der Waals surface area contributed by atoms with Crippen LogP contribution in [0.15, 0.2) is 12.1 Å². The fourth-order valence-electron chi connectivity index (χ4n) is 2.59. The van der Waals surface area contributed by atoms with Crippen molar-refractivity contribution < 1.29 is 18.7 Å². The van der Waals surface area contributed by atoms with Crippen molar-refractivity contribution in [3.63, 3.8) is 0 Å². The number of carbonyl (C=O) groups excluding carboxylic acids is 1. The van der Waals surface area contributed by atoms with Crippen LogP contribution < -0.4 is 0 Å². The summed E-state index contributed by atoms with van der Waals surface area (Å²) in [7, 11) is 0. The van der Waals surface area contributed by atoms with Crippen molar-refractivity contribution in [2.75, 3.05) is 13.1 Å². The van der Waals surface area contributed by atoms with Crippen LogP contribution in [0.3, 0.4) is 0 Å². The summed E-state index contributed by atoms with van der Waals surface area (Å²) in [6, 6.07) is 3.35. The van der Waals surface area contributed by atoms with E-state index in [4.69, 9.17) is 5.26 Å². The van der Waals surface area contributed by atoms with Crippen molar-refractivity contribution >= 4 is 5.91 Å². The van der Waals surface area contributed by atoms with Gasteiger partial charge in [-0.25, -0.2) is 8.78 Å². The van der Waals surface area contributed by atoms with Gasteiger partial charge >= 0.3 is 0 Å². The normalized spacial score (nSPS) is 20.0. The monoisotopic (exact) mass is 294 g/mol. The highest BCUT2D eigenvalue weighted by Crippen LogP contribution is 2.23. The predicted octanol–water partition coefficient (Wildman–Crippen LogP) is 2.07. The van der Waals surface area contributed by atoms with Crippen LogP contribution >= 0.6 is 0 Å². The van der Waals surface area contributed by atoms with Crippen LogP contribution in [0.1, 0.15) is 35.7 Å². The fraction of sp³-hybridized carbons (Fsp3) is 0.467. The maximum absolute atomic E-state index is 13.9. The Balaban J connectivity index is 2.26. The number of rotatable bonds is 2. The molecule has 0 saturated carbocycles. The number of hydrogen-bond acceptors (Lipinski definition) is 3. The topological polar surface area (TPSA) is 64.3 Å². The third-order valence-corrected chi connectivity index (χ3v) is 3.81. The summed E-state index contributed by atoms with van der Waals surface area (Å²) in [5, 5.41) is 18.3. The zero-order valence-electron chi connectivity index (χ0n) is 11.6. The Kier molecular flexibility index (Phi) is 4.53. The molecule has 112 valence electrons. The number of aliphatic hydroxyl groups excluding tert-OH is 1. The summed E-state index contributed by atoms with van der Waals surface area (Å²) in [6.45, 7) is 2.32. The van der Waals surface area contributed by atoms with E-state index in [9.17, 15) is 18.7 Å². The minimum Gasteiger partial charge on any atom is -0.393 e. The molecule has 2 rings (SSSR count). The lowest BCUT2D eigenvalue weighted by molar-refractivity contribution is 0.0459. The van der Waals surface area contributed by atoms with Gasteiger partial charge in [-0.05, 0) is 31.9 Å². The van der Waals surface area contributed by atoms with Crippen LogP contribution in [-0.4, -0.2) is 35.1 Å². The summed E-state index contributed by atoms with van der Waals surface area (Å²) in [5.41, 5.74) is -0.803. The Morgan fingerprint density at radius 3 is 2.62 bits per heavy atom. The molecule has 6 heteroatoms. The molecule has 4 nitrogen and oxygen atoms in total. The molecule has 1 aliphatic heterocycles. The highest BCUT2D eigenvalue weighted by Gasteiger charge is 2.30. The number of hydrogen-bond donors (Lipinski definition) is 1. The van der Waals surface area contributed by atoms with Gasteiger partial charge in [-0.2, -0.15) is 5.26 Å². The quantitative estimate of drug-likeness (QED) is 0.908. The van der Waals surface area contributed by atoms with Crippen molar-refractivity contribution in [1.29, 1.82) is 5.26 Å². The molecule has 1 aromatic carbocycles. The smallest absolute Gasteiger partial charge is 0.259 e. The van der Waals surface area contributed by atoms with E-state index in [0.29, 0.717) is 13.0 Å². The molecule has 1 aromatic rings. The van der Waals surface area contributed by atoms with Crippen molar-refractivity contribution in [1.82, 2.24) is 4.90 Å². The maximum atomic E-state index is 13.9. The van der Waals surface area contributed by atoms with Crippen molar-refractivity contribution in [2.24, 2.45) is 5.92 Å². The van der Waals surface area contributed by atoms with Crippen LogP contribution in [0.4, 0.5) is 8.78 Å². The third kappa shape index (κ3) is 3.19. The molecule has 1 N–H and O–H groups in total. The van der Waals surface area contributed by atoms with Gasteiger partial charge in [0.15, 0.2) is 0 Å². The first-order chi connectivity index (χ1) is 9.93. The predicted molar refractivity (Wildman–Crippen MR) is 71.4 cm³/mol. The molecule has 1 saturated heterocycles. The zero-order chi connectivity index (χ0) is 15.6. The van der Waals surface area contributed by atoms with E-state index in [1.165, 1.54) is 4.90 Å². The number of amides is 1. The van der Waals surface area contributed by atoms with Crippen LogP contribution in [0.2, 0.25) is 0 Å². The van der Waals surface area contributed by atoms with Gasteiger partial charge in [0, 0.05) is 19.0 Å². The number of carbonyl (C=O) groups is 1. The number of aliphatic hydroxyl groups is 1. The molecule has 0 aromatic heterocycles. The van der Waals surface area contributed by atoms with E-state index in [1.807, 2.05) is 0 Å². The zero-order valence-corrected chi connectivity index (χ0v) is 11.6. The molecule has 0 radical (unpaired) electrons. The molecule has 1 amide bonds. The minimum absolute atomic E-state index is 0.0906. The Hall–Kier alpha value is -2.00. The van der Waals surface area contributed by atoms with Crippen LogP contribution in [0.25, 0.3) is 0 Å². The van der Waals surface area contributed by atoms with Gasteiger partial charge in [-0.3, -0.25) is 4.79 Å².